The van der Waals surface area contributed by atoms with Gasteiger partial charge in [0.15, 0.2) is 4.51 Å². The molecule has 0 saturated heterocycles. The van der Waals surface area contributed by atoms with Crippen molar-refractivity contribution in [1.29, 1.82) is 5.26 Å². The van der Waals surface area contributed by atoms with Crippen molar-refractivity contribution in [3.8, 4) is 6.07 Å². The largest absolute Gasteiger partial charge is 0.374 e. The summed E-state index contributed by atoms with van der Waals surface area (Å²) in [6.07, 6.45) is 3.69. The molecule has 58 valence electrons. The highest BCUT2D eigenvalue weighted by Crippen LogP contribution is 2.36. The van der Waals surface area contributed by atoms with E-state index in [-0.39, 0.29) is 0 Å². The number of nitrogens with zero attached hydrogens (tertiary/aromatic N) is 1. The zero-order valence-corrected chi connectivity index (χ0v) is 8.68. The molecule has 1 unspecified atom stereocenters. The first-order valence-corrected chi connectivity index (χ1v) is 4.54. The molecule has 0 radical (unpaired) electrons. The second kappa shape index (κ2) is 3.10. The normalized spacial score (nSPS) is 30.4. The van der Waals surface area contributed by atoms with Gasteiger partial charge in [-0.15, -0.1) is 0 Å². The number of hydrogen-bond donors (Lipinski definition) is 1. The number of halogens is 2. The van der Waals surface area contributed by atoms with Crippen molar-refractivity contribution in [1.82, 2.24) is 0 Å². The number of nitriles is 1. The number of rotatable bonds is 0. The van der Waals surface area contributed by atoms with E-state index in [1.165, 1.54) is 0 Å². The van der Waals surface area contributed by atoms with Crippen LogP contribution < -0.4 is 0 Å². The van der Waals surface area contributed by atoms with Crippen LogP contribution in [0.5, 0.6) is 0 Å². The van der Waals surface area contributed by atoms with Crippen molar-refractivity contribution in [2.45, 2.75) is 10.9 Å². The Bertz CT molecular complexity index is 273. The lowest BCUT2D eigenvalue weighted by Gasteiger charge is -2.21. The van der Waals surface area contributed by atoms with E-state index in [4.69, 9.17) is 5.26 Å². The summed E-state index contributed by atoms with van der Waals surface area (Å²) in [4.78, 5) is 0. The van der Waals surface area contributed by atoms with Gasteiger partial charge in [0, 0.05) is 16.5 Å². The maximum absolute atomic E-state index is 9.50. The van der Waals surface area contributed by atoms with Gasteiger partial charge in [0.1, 0.15) is 0 Å². The molecular formula is C7H5Br2NO. The fourth-order valence-corrected chi connectivity index (χ4v) is 1.41. The first-order chi connectivity index (χ1) is 5.06. The fraction of sp³-hybridized carbons (Fsp3) is 0.286. The smallest absolute Gasteiger partial charge is 0.154 e. The van der Waals surface area contributed by atoms with Gasteiger partial charge >= 0.3 is 0 Å². The van der Waals surface area contributed by atoms with Crippen LogP contribution in [0.25, 0.3) is 0 Å². The van der Waals surface area contributed by atoms with E-state index in [0.29, 0.717) is 16.5 Å². The second-order valence-corrected chi connectivity index (χ2v) is 4.39. The van der Waals surface area contributed by atoms with Crippen LogP contribution in [0.3, 0.4) is 0 Å². The van der Waals surface area contributed by atoms with Crippen molar-refractivity contribution in [2.24, 2.45) is 0 Å². The minimum Gasteiger partial charge on any atom is -0.374 e. The molecule has 0 heterocycles. The fourth-order valence-electron chi connectivity index (χ4n) is 0.727. The van der Waals surface area contributed by atoms with Crippen LogP contribution in [-0.4, -0.2) is 9.62 Å². The van der Waals surface area contributed by atoms with Gasteiger partial charge in [-0.05, 0) is 22.0 Å². The Kier molecular flexibility index (Phi) is 2.53. The Morgan fingerprint density at radius 3 is 2.82 bits per heavy atom. The van der Waals surface area contributed by atoms with E-state index < -0.39 is 4.51 Å². The van der Waals surface area contributed by atoms with Gasteiger partial charge in [-0.1, -0.05) is 22.0 Å². The van der Waals surface area contributed by atoms with Gasteiger partial charge in [0.25, 0.3) is 0 Å². The number of aliphatic hydroxyl groups is 1. The highest BCUT2D eigenvalue weighted by molar-refractivity contribution is 9.14. The van der Waals surface area contributed by atoms with E-state index in [9.17, 15) is 5.11 Å². The predicted octanol–water partition coefficient (Wildman–Crippen LogP) is 2.20. The van der Waals surface area contributed by atoms with Crippen LogP contribution in [0, 0.1) is 11.3 Å². The molecule has 0 bridgehead atoms. The third-order valence-corrected chi connectivity index (χ3v) is 3.54. The summed E-state index contributed by atoms with van der Waals surface area (Å²) in [5.74, 6) is 0. The van der Waals surface area contributed by atoms with Crippen molar-refractivity contribution < 1.29 is 5.11 Å². The molecule has 11 heavy (non-hydrogen) atoms. The van der Waals surface area contributed by atoms with E-state index >= 15 is 0 Å². The van der Waals surface area contributed by atoms with E-state index in [1.54, 1.807) is 12.2 Å². The zero-order chi connectivity index (χ0) is 8.48. The predicted molar refractivity (Wildman–Crippen MR) is 49.2 cm³/mol. The molecule has 0 aromatic rings. The lowest BCUT2D eigenvalue weighted by Crippen LogP contribution is -2.21. The minimum absolute atomic E-state index is 0.410. The highest BCUT2D eigenvalue weighted by Gasteiger charge is 2.28. The Balaban J connectivity index is 2.93. The summed E-state index contributed by atoms with van der Waals surface area (Å²) < 4.78 is -0.433. The number of alkyl halides is 1. The van der Waals surface area contributed by atoms with E-state index in [1.807, 2.05) is 6.07 Å². The van der Waals surface area contributed by atoms with Gasteiger partial charge in [0.05, 0.1) is 6.07 Å². The molecule has 1 N–H and O–H groups in total. The summed E-state index contributed by atoms with van der Waals surface area (Å²) in [7, 11) is 0. The third-order valence-electron chi connectivity index (χ3n) is 1.37. The molecule has 0 saturated carbocycles. The summed E-state index contributed by atoms with van der Waals surface area (Å²) in [5, 5.41) is 18.0. The SMILES string of the molecule is N#CC1=CCC(O)(Br)C(Br)=C1. The molecule has 4 heteroatoms. The molecule has 0 aliphatic heterocycles. The minimum atomic E-state index is -1.02. The Morgan fingerprint density at radius 2 is 2.36 bits per heavy atom. The average molecular weight is 279 g/mol. The first kappa shape index (κ1) is 8.98. The lowest BCUT2D eigenvalue weighted by molar-refractivity contribution is 0.194. The van der Waals surface area contributed by atoms with Gasteiger partial charge < -0.3 is 5.11 Å². The Morgan fingerprint density at radius 1 is 1.73 bits per heavy atom. The molecule has 0 spiro atoms. The summed E-state index contributed by atoms with van der Waals surface area (Å²) >= 11 is 6.26. The van der Waals surface area contributed by atoms with E-state index in [2.05, 4.69) is 31.9 Å². The summed E-state index contributed by atoms with van der Waals surface area (Å²) in [6.45, 7) is 0. The van der Waals surface area contributed by atoms with Crippen molar-refractivity contribution in [3.63, 3.8) is 0 Å². The Labute approximate surface area is 81.5 Å². The quantitative estimate of drug-likeness (QED) is 0.691. The molecule has 1 rings (SSSR count). The highest BCUT2D eigenvalue weighted by atomic mass is 79.9. The van der Waals surface area contributed by atoms with Gasteiger partial charge in [-0.25, -0.2) is 0 Å². The molecule has 2 nitrogen and oxygen atoms in total. The van der Waals surface area contributed by atoms with Gasteiger partial charge in [0.2, 0.25) is 0 Å². The lowest BCUT2D eigenvalue weighted by atomic mass is 10.1. The van der Waals surface area contributed by atoms with Crippen molar-refractivity contribution >= 4 is 31.9 Å². The maximum Gasteiger partial charge on any atom is 0.154 e. The van der Waals surface area contributed by atoms with Gasteiger partial charge in [-0.2, -0.15) is 5.26 Å². The molecular weight excluding hydrogens is 274 g/mol. The first-order valence-electron chi connectivity index (χ1n) is 2.95. The Hall–Kier alpha value is -0.110. The molecule has 0 aromatic carbocycles. The second-order valence-electron chi connectivity index (χ2n) is 2.23. The third kappa shape index (κ3) is 1.92. The van der Waals surface area contributed by atoms with Crippen LogP contribution in [0.15, 0.2) is 22.2 Å². The zero-order valence-electron chi connectivity index (χ0n) is 5.51. The van der Waals surface area contributed by atoms with Crippen molar-refractivity contribution in [2.75, 3.05) is 0 Å². The summed E-state index contributed by atoms with van der Waals surface area (Å²) in [5.41, 5.74) is 0.570. The van der Waals surface area contributed by atoms with E-state index in [0.717, 1.165) is 0 Å². The number of allylic oxidation sites excluding steroid dienone is 2. The molecule has 1 aliphatic carbocycles. The maximum atomic E-state index is 9.50. The summed E-state index contributed by atoms with van der Waals surface area (Å²) in [6, 6.07) is 1.99. The monoisotopic (exact) mass is 277 g/mol. The average Bonchev–Trinajstić information content (AvgIpc) is 1.95. The standard InChI is InChI=1S/C7H5Br2NO/c8-6-3-5(4-10)1-2-7(6,9)11/h1,3,11H,2H2. The van der Waals surface area contributed by atoms with Crippen LogP contribution in [-0.2, 0) is 0 Å². The topological polar surface area (TPSA) is 44.0 Å². The molecule has 1 aliphatic rings. The number of hydrogen-bond acceptors (Lipinski definition) is 2. The van der Waals surface area contributed by atoms with Crippen LogP contribution >= 0.6 is 31.9 Å². The molecule has 1 atom stereocenters. The molecule has 0 fully saturated rings. The molecule has 0 amide bonds. The van der Waals surface area contributed by atoms with Crippen molar-refractivity contribution in [3.05, 3.63) is 22.2 Å². The molecule has 0 aromatic heterocycles. The van der Waals surface area contributed by atoms with Gasteiger partial charge in [-0.3, -0.25) is 0 Å². The van der Waals surface area contributed by atoms with Crippen LogP contribution in [0.1, 0.15) is 6.42 Å². The van der Waals surface area contributed by atoms with Crippen LogP contribution in [0.4, 0.5) is 0 Å². The van der Waals surface area contributed by atoms with Crippen LogP contribution in [0.2, 0.25) is 0 Å².